The van der Waals surface area contributed by atoms with Crippen molar-refractivity contribution in [3.63, 3.8) is 0 Å². The summed E-state index contributed by atoms with van der Waals surface area (Å²) >= 11 is 0. The molecule has 0 amide bonds. The Morgan fingerprint density at radius 3 is 2.76 bits per heavy atom. The van der Waals surface area contributed by atoms with Gasteiger partial charge in [0, 0.05) is 12.2 Å². The molecule has 3 atom stereocenters. The maximum absolute atomic E-state index is 4.54. The van der Waals surface area contributed by atoms with Gasteiger partial charge in [0.25, 0.3) is 0 Å². The third kappa shape index (κ3) is 2.88. The van der Waals surface area contributed by atoms with Gasteiger partial charge < -0.3 is 5.32 Å². The largest absolute Gasteiger partial charge is 0.314 e. The number of hydrogen-bond donors (Lipinski definition) is 1. The number of nitrogens with one attached hydrogen (secondary N) is 1. The quantitative estimate of drug-likeness (QED) is 0.875. The number of rotatable bonds is 6. The average molecular weight is 283 g/mol. The van der Waals surface area contributed by atoms with Crippen LogP contribution in [0.5, 0.6) is 0 Å². The number of para-hydroxylation sites is 1. The Bertz CT molecular complexity index is 561. The van der Waals surface area contributed by atoms with Gasteiger partial charge in [-0.05, 0) is 48.9 Å². The van der Waals surface area contributed by atoms with Crippen molar-refractivity contribution in [2.45, 2.75) is 45.1 Å². The molecule has 21 heavy (non-hydrogen) atoms. The Balaban J connectivity index is 1.70. The smallest absolute Gasteiger partial charge is 0.0645 e. The van der Waals surface area contributed by atoms with Crippen molar-refractivity contribution in [1.29, 1.82) is 0 Å². The van der Waals surface area contributed by atoms with E-state index in [0.29, 0.717) is 12.0 Å². The van der Waals surface area contributed by atoms with Crippen LogP contribution in [-0.4, -0.2) is 22.4 Å². The summed E-state index contributed by atoms with van der Waals surface area (Å²) in [4.78, 5) is 0. The molecule has 1 aromatic heterocycles. The van der Waals surface area contributed by atoms with Crippen LogP contribution in [0.15, 0.2) is 42.7 Å². The Kier molecular flexibility index (Phi) is 4.39. The Morgan fingerprint density at radius 1 is 1.24 bits per heavy atom. The van der Waals surface area contributed by atoms with E-state index in [4.69, 9.17) is 0 Å². The molecule has 112 valence electrons. The van der Waals surface area contributed by atoms with E-state index in [9.17, 15) is 0 Å². The molecule has 3 nitrogen and oxygen atoms in total. The molecule has 0 bridgehead atoms. The summed E-state index contributed by atoms with van der Waals surface area (Å²) in [5, 5.41) is 8.22. The molecule has 3 unspecified atom stereocenters. The molecular formula is C18H25N3. The van der Waals surface area contributed by atoms with Crippen LogP contribution in [-0.2, 0) is 0 Å². The zero-order valence-corrected chi connectivity index (χ0v) is 13.0. The van der Waals surface area contributed by atoms with Gasteiger partial charge in [0.2, 0.25) is 0 Å². The minimum absolute atomic E-state index is 0.668. The fourth-order valence-electron chi connectivity index (χ4n) is 3.47. The second kappa shape index (κ2) is 6.44. The first-order chi connectivity index (χ1) is 10.3. The lowest BCUT2D eigenvalue weighted by atomic mass is 9.65. The highest BCUT2D eigenvalue weighted by Crippen LogP contribution is 2.44. The number of hydrogen-bond acceptors (Lipinski definition) is 2. The zero-order chi connectivity index (χ0) is 14.7. The van der Waals surface area contributed by atoms with Gasteiger partial charge in [0.1, 0.15) is 0 Å². The van der Waals surface area contributed by atoms with E-state index in [2.05, 4.69) is 60.9 Å². The van der Waals surface area contributed by atoms with Crippen molar-refractivity contribution in [3.8, 4) is 5.69 Å². The summed E-state index contributed by atoms with van der Waals surface area (Å²) in [5.41, 5.74) is 2.53. The Labute approximate surface area is 127 Å². The summed E-state index contributed by atoms with van der Waals surface area (Å²) in [5.74, 6) is 1.42. The highest BCUT2D eigenvalue weighted by atomic mass is 15.3. The van der Waals surface area contributed by atoms with E-state index in [1.807, 2.05) is 10.7 Å². The Morgan fingerprint density at radius 2 is 2.05 bits per heavy atom. The first-order valence-corrected chi connectivity index (χ1v) is 8.16. The van der Waals surface area contributed by atoms with Crippen LogP contribution in [0, 0.1) is 5.92 Å². The first kappa shape index (κ1) is 14.3. The van der Waals surface area contributed by atoms with Crippen LogP contribution in [0.3, 0.4) is 0 Å². The SMILES string of the molecule is CCCNC1CC(c2cnn(-c3ccccc3)c2)C1CC. The standard InChI is InChI=1S/C18H25N3/c1-3-10-19-18-11-17(16(18)4-2)14-12-20-21(13-14)15-8-6-5-7-9-15/h5-9,12-13,16-19H,3-4,10-11H2,1-2H3. The second-order valence-corrected chi connectivity index (χ2v) is 6.03. The van der Waals surface area contributed by atoms with Crippen LogP contribution in [0.4, 0.5) is 0 Å². The van der Waals surface area contributed by atoms with E-state index >= 15 is 0 Å². The number of benzene rings is 1. The molecule has 0 spiro atoms. The van der Waals surface area contributed by atoms with Crippen molar-refractivity contribution < 1.29 is 0 Å². The molecule has 1 fully saturated rings. The summed E-state index contributed by atoms with van der Waals surface area (Å²) in [6.07, 6.45) is 7.96. The van der Waals surface area contributed by atoms with Gasteiger partial charge in [-0.1, -0.05) is 38.5 Å². The molecule has 1 saturated carbocycles. The van der Waals surface area contributed by atoms with E-state index < -0.39 is 0 Å². The minimum Gasteiger partial charge on any atom is -0.314 e. The predicted octanol–water partition coefficient (Wildman–Crippen LogP) is 3.75. The van der Waals surface area contributed by atoms with Gasteiger partial charge in [-0.25, -0.2) is 4.68 Å². The third-order valence-corrected chi connectivity index (χ3v) is 4.72. The molecule has 1 N–H and O–H groups in total. The maximum atomic E-state index is 4.54. The molecule has 0 aliphatic heterocycles. The topological polar surface area (TPSA) is 29.9 Å². The molecule has 2 aromatic rings. The van der Waals surface area contributed by atoms with Crippen LogP contribution in [0.2, 0.25) is 0 Å². The zero-order valence-electron chi connectivity index (χ0n) is 13.0. The van der Waals surface area contributed by atoms with Crippen LogP contribution >= 0.6 is 0 Å². The van der Waals surface area contributed by atoms with Crippen molar-refractivity contribution in [2.75, 3.05) is 6.54 Å². The summed E-state index contributed by atoms with van der Waals surface area (Å²) < 4.78 is 1.99. The number of aromatic nitrogens is 2. The molecule has 0 saturated heterocycles. The molecule has 3 rings (SSSR count). The van der Waals surface area contributed by atoms with Gasteiger partial charge in [-0.15, -0.1) is 0 Å². The lowest BCUT2D eigenvalue weighted by Crippen LogP contribution is -2.49. The van der Waals surface area contributed by atoms with Gasteiger partial charge in [0.15, 0.2) is 0 Å². The van der Waals surface area contributed by atoms with Gasteiger partial charge in [0.05, 0.1) is 11.9 Å². The van der Waals surface area contributed by atoms with E-state index in [1.54, 1.807) is 0 Å². The van der Waals surface area contributed by atoms with Gasteiger partial charge in [-0.2, -0.15) is 5.10 Å². The van der Waals surface area contributed by atoms with Crippen LogP contribution in [0.25, 0.3) is 5.69 Å². The lowest BCUT2D eigenvalue weighted by Gasteiger charge is -2.45. The molecule has 3 heteroatoms. The first-order valence-electron chi connectivity index (χ1n) is 8.16. The molecule has 1 aliphatic rings. The predicted molar refractivity (Wildman–Crippen MR) is 86.8 cm³/mol. The summed E-state index contributed by atoms with van der Waals surface area (Å²) in [6, 6.07) is 11.0. The van der Waals surface area contributed by atoms with Gasteiger partial charge >= 0.3 is 0 Å². The Hall–Kier alpha value is -1.61. The van der Waals surface area contributed by atoms with E-state index in [0.717, 1.165) is 18.2 Å². The minimum atomic E-state index is 0.668. The average Bonchev–Trinajstić information content (AvgIpc) is 2.97. The van der Waals surface area contributed by atoms with E-state index in [1.165, 1.54) is 24.8 Å². The number of nitrogens with zero attached hydrogens (tertiary/aromatic N) is 2. The summed E-state index contributed by atoms with van der Waals surface area (Å²) in [6.45, 7) is 5.67. The highest BCUT2D eigenvalue weighted by molar-refractivity contribution is 5.32. The van der Waals surface area contributed by atoms with Crippen LogP contribution < -0.4 is 5.32 Å². The molecule has 1 aromatic carbocycles. The second-order valence-electron chi connectivity index (χ2n) is 6.03. The van der Waals surface area contributed by atoms with Crippen molar-refractivity contribution in [2.24, 2.45) is 5.92 Å². The van der Waals surface area contributed by atoms with Crippen molar-refractivity contribution in [1.82, 2.24) is 15.1 Å². The van der Waals surface area contributed by atoms with Crippen molar-refractivity contribution in [3.05, 3.63) is 48.3 Å². The molecule has 1 heterocycles. The third-order valence-electron chi connectivity index (χ3n) is 4.72. The van der Waals surface area contributed by atoms with Gasteiger partial charge in [-0.3, -0.25) is 0 Å². The highest BCUT2D eigenvalue weighted by Gasteiger charge is 2.40. The monoisotopic (exact) mass is 283 g/mol. The fraction of sp³-hybridized carbons (Fsp3) is 0.500. The van der Waals surface area contributed by atoms with E-state index in [-0.39, 0.29) is 0 Å². The molecule has 1 aliphatic carbocycles. The molecule has 0 radical (unpaired) electrons. The fourth-order valence-corrected chi connectivity index (χ4v) is 3.47. The maximum Gasteiger partial charge on any atom is 0.0645 e. The lowest BCUT2D eigenvalue weighted by molar-refractivity contribution is 0.161. The summed E-state index contributed by atoms with van der Waals surface area (Å²) in [7, 11) is 0. The molecular weight excluding hydrogens is 258 g/mol. The normalized spacial score (nSPS) is 24.8. The van der Waals surface area contributed by atoms with Crippen LogP contribution in [0.1, 0.15) is 44.6 Å². The van der Waals surface area contributed by atoms with Crippen molar-refractivity contribution >= 4 is 0 Å².